The van der Waals surface area contributed by atoms with Crippen molar-refractivity contribution in [2.75, 3.05) is 13.2 Å². The van der Waals surface area contributed by atoms with Gasteiger partial charge in [0.25, 0.3) is 0 Å². The van der Waals surface area contributed by atoms with Crippen molar-refractivity contribution in [3.05, 3.63) is 0 Å². The van der Waals surface area contributed by atoms with Gasteiger partial charge in [0.15, 0.2) is 6.29 Å². The Morgan fingerprint density at radius 2 is 1.88 bits per heavy atom. The van der Waals surface area contributed by atoms with Gasteiger partial charge in [-0.25, -0.2) is 4.79 Å². The van der Waals surface area contributed by atoms with Crippen LogP contribution in [0.15, 0.2) is 0 Å². The first-order valence-electron chi connectivity index (χ1n) is 9.10. The monoisotopic (exact) mass is 362 g/mol. The van der Waals surface area contributed by atoms with Crippen LogP contribution in [0.1, 0.15) is 52.9 Å². The molecule has 0 aliphatic heterocycles. The maximum atomic E-state index is 13.1. The molecule has 4 saturated carbocycles. The minimum atomic E-state index is -3.49. The van der Waals surface area contributed by atoms with Crippen LogP contribution in [0.5, 0.6) is 0 Å². The zero-order valence-corrected chi connectivity index (χ0v) is 15.1. The standard InChI is InChI=1S/C18H28F2O5/c1-4-23-11(2)25-14-12-5-17(10-24-15(21)16(3,19)20)6-13(14)8-18(22,7-12)9-17/h11-14,22H,4-10H2,1-3H3. The van der Waals surface area contributed by atoms with Gasteiger partial charge in [0.1, 0.15) is 0 Å². The Bertz CT molecular complexity index is 502. The lowest BCUT2D eigenvalue weighted by Gasteiger charge is -2.62. The smallest absolute Gasteiger partial charge is 0.376 e. The number of esters is 1. The summed E-state index contributed by atoms with van der Waals surface area (Å²) in [5.74, 6) is -4.71. The number of carbonyl (C=O) groups excluding carboxylic acids is 1. The first-order valence-corrected chi connectivity index (χ1v) is 9.10. The van der Waals surface area contributed by atoms with Crippen molar-refractivity contribution in [1.82, 2.24) is 0 Å². The van der Waals surface area contributed by atoms with Crippen LogP contribution in [0.2, 0.25) is 0 Å². The van der Waals surface area contributed by atoms with E-state index in [4.69, 9.17) is 14.2 Å². The Hall–Kier alpha value is -0.790. The molecule has 5 nitrogen and oxygen atoms in total. The van der Waals surface area contributed by atoms with E-state index in [2.05, 4.69) is 0 Å². The SMILES string of the molecule is CCOC(C)OC1C2CC3(O)CC1CC(COC(=O)C(C)(F)F)(C2)C3. The summed E-state index contributed by atoms with van der Waals surface area (Å²) in [6, 6.07) is 0. The van der Waals surface area contributed by atoms with Gasteiger partial charge in [-0.1, -0.05) is 0 Å². The highest BCUT2D eigenvalue weighted by Crippen LogP contribution is 2.62. The molecule has 4 bridgehead atoms. The quantitative estimate of drug-likeness (QED) is 0.557. The average Bonchev–Trinajstić information content (AvgIpc) is 2.46. The van der Waals surface area contributed by atoms with E-state index in [9.17, 15) is 18.7 Å². The van der Waals surface area contributed by atoms with E-state index >= 15 is 0 Å². The van der Waals surface area contributed by atoms with Gasteiger partial charge in [0.05, 0.1) is 18.3 Å². The molecule has 0 amide bonds. The van der Waals surface area contributed by atoms with E-state index in [1.807, 2.05) is 13.8 Å². The van der Waals surface area contributed by atoms with Crippen molar-refractivity contribution < 1.29 is 32.9 Å². The fourth-order valence-corrected chi connectivity index (χ4v) is 5.47. The molecule has 4 fully saturated rings. The molecule has 4 aliphatic rings. The van der Waals surface area contributed by atoms with Crippen LogP contribution in [0.4, 0.5) is 8.78 Å². The lowest BCUT2D eigenvalue weighted by Crippen LogP contribution is -2.63. The number of aliphatic hydroxyl groups is 1. The van der Waals surface area contributed by atoms with Crippen molar-refractivity contribution in [2.45, 2.75) is 76.8 Å². The van der Waals surface area contributed by atoms with Crippen LogP contribution < -0.4 is 0 Å². The summed E-state index contributed by atoms with van der Waals surface area (Å²) in [5.41, 5.74) is -1.22. The van der Waals surface area contributed by atoms with Gasteiger partial charge in [-0.3, -0.25) is 0 Å². The van der Waals surface area contributed by atoms with Gasteiger partial charge in [-0.05, 0) is 57.8 Å². The second-order valence-electron chi connectivity index (χ2n) is 8.33. The average molecular weight is 362 g/mol. The summed E-state index contributed by atoms with van der Waals surface area (Å²) in [4.78, 5) is 11.4. The second-order valence-corrected chi connectivity index (χ2v) is 8.33. The molecule has 144 valence electrons. The Morgan fingerprint density at radius 3 is 2.40 bits per heavy atom. The topological polar surface area (TPSA) is 65.0 Å². The molecule has 0 radical (unpaired) electrons. The molecule has 1 N–H and O–H groups in total. The van der Waals surface area contributed by atoms with Crippen LogP contribution in [0, 0.1) is 17.3 Å². The van der Waals surface area contributed by atoms with Gasteiger partial charge in [0, 0.05) is 18.9 Å². The number of hydrogen-bond acceptors (Lipinski definition) is 5. The summed E-state index contributed by atoms with van der Waals surface area (Å²) >= 11 is 0. The molecule has 0 aromatic carbocycles. The Kier molecular flexibility index (Phi) is 4.88. The van der Waals surface area contributed by atoms with Crippen molar-refractivity contribution in [2.24, 2.45) is 17.3 Å². The summed E-state index contributed by atoms with van der Waals surface area (Å²) in [6.45, 7) is 4.83. The Balaban J connectivity index is 1.68. The third-order valence-corrected chi connectivity index (χ3v) is 5.93. The number of carbonyl (C=O) groups is 1. The normalized spacial score (nSPS) is 41.0. The fraction of sp³-hybridized carbons (Fsp3) is 0.944. The van der Waals surface area contributed by atoms with E-state index in [-0.39, 0.29) is 30.8 Å². The molecular formula is C18H28F2O5. The van der Waals surface area contributed by atoms with Gasteiger partial charge in [-0.2, -0.15) is 8.78 Å². The second kappa shape index (κ2) is 6.43. The lowest BCUT2D eigenvalue weighted by atomic mass is 9.47. The molecule has 4 aliphatic carbocycles. The van der Waals surface area contributed by atoms with Crippen molar-refractivity contribution in [3.63, 3.8) is 0 Å². The highest BCUT2D eigenvalue weighted by molar-refractivity contribution is 5.76. The molecular weight excluding hydrogens is 334 g/mol. The maximum absolute atomic E-state index is 13.1. The molecule has 0 heterocycles. The summed E-state index contributed by atoms with van der Waals surface area (Å²) in [6.07, 6.45) is 2.92. The van der Waals surface area contributed by atoms with Crippen LogP contribution in [0.25, 0.3) is 0 Å². The van der Waals surface area contributed by atoms with Crippen molar-refractivity contribution >= 4 is 5.97 Å². The van der Waals surface area contributed by atoms with E-state index in [1.54, 1.807) is 0 Å². The first-order chi connectivity index (χ1) is 11.6. The first kappa shape index (κ1) is 19.0. The summed E-state index contributed by atoms with van der Waals surface area (Å²) in [5, 5.41) is 10.9. The third kappa shape index (κ3) is 3.83. The molecule has 0 aromatic heterocycles. The maximum Gasteiger partial charge on any atom is 0.376 e. The lowest BCUT2D eigenvalue weighted by molar-refractivity contribution is -0.266. The third-order valence-electron chi connectivity index (χ3n) is 5.93. The fourth-order valence-electron chi connectivity index (χ4n) is 5.47. The Morgan fingerprint density at radius 1 is 1.28 bits per heavy atom. The minimum absolute atomic E-state index is 0.00133. The van der Waals surface area contributed by atoms with E-state index in [0.717, 1.165) is 12.8 Å². The largest absolute Gasteiger partial charge is 0.461 e. The number of ether oxygens (including phenoxy) is 3. The predicted octanol–water partition coefficient (Wildman–Crippen LogP) is 2.89. The zero-order valence-electron chi connectivity index (χ0n) is 15.1. The number of halogens is 2. The van der Waals surface area contributed by atoms with Crippen LogP contribution >= 0.6 is 0 Å². The Labute approximate surface area is 147 Å². The molecule has 7 heteroatoms. The van der Waals surface area contributed by atoms with E-state index in [0.29, 0.717) is 32.8 Å². The van der Waals surface area contributed by atoms with Crippen LogP contribution in [-0.4, -0.2) is 48.2 Å². The summed E-state index contributed by atoms with van der Waals surface area (Å²) < 4.78 is 42.6. The molecule has 25 heavy (non-hydrogen) atoms. The summed E-state index contributed by atoms with van der Waals surface area (Å²) in [7, 11) is 0. The number of hydrogen-bond donors (Lipinski definition) is 1. The molecule has 3 atom stereocenters. The molecule has 4 rings (SSSR count). The van der Waals surface area contributed by atoms with E-state index in [1.165, 1.54) is 0 Å². The highest BCUT2D eigenvalue weighted by Gasteiger charge is 2.62. The van der Waals surface area contributed by atoms with Crippen LogP contribution in [-0.2, 0) is 19.0 Å². The molecule has 0 saturated heterocycles. The van der Waals surface area contributed by atoms with Gasteiger partial charge in [-0.15, -0.1) is 0 Å². The highest BCUT2D eigenvalue weighted by atomic mass is 19.3. The van der Waals surface area contributed by atoms with Crippen molar-refractivity contribution in [3.8, 4) is 0 Å². The minimum Gasteiger partial charge on any atom is -0.461 e. The van der Waals surface area contributed by atoms with Crippen molar-refractivity contribution in [1.29, 1.82) is 0 Å². The molecule has 0 spiro atoms. The van der Waals surface area contributed by atoms with Gasteiger partial charge < -0.3 is 19.3 Å². The number of rotatable bonds is 7. The molecule has 3 unspecified atom stereocenters. The van der Waals surface area contributed by atoms with Crippen LogP contribution in [0.3, 0.4) is 0 Å². The number of alkyl halides is 2. The predicted molar refractivity (Wildman–Crippen MR) is 85.0 cm³/mol. The van der Waals surface area contributed by atoms with Gasteiger partial charge >= 0.3 is 11.9 Å². The van der Waals surface area contributed by atoms with Gasteiger partial charge in [0.2, 0.25) is 0 Å². The molecule has 0 aromatic rings. The zero-order chi connectivity index (χ0) is 18.5. The van der Waals surface area contributed by atoms with E-state index < -0.39 is 22.9 Å².